The third-order valence-electron chi connectivity index (χ3n) is 3.80. The van der Waals surface area contributed by atoms with E-state index in [0.717, 1.165) is 44.5 Å². The van der Waals surface area contributed by atoms with Crippen molar-refractivity contribution in [3.63, 3.8) is 0 Å². The van der Waals surface area contributed by atoms with Crippen molar-refractivity contribution in [1.82, 2.24) is 4.90 Å². The second-order valence-electron chi connectivity index (χ2n) is 5.36. The van der Waals surface area contributed by atoms with E-state index in [-0.39, 0.29) is 12.0 Å². The van der Waals surface area contributed by atoms with Crippen LogP contribution in [0.15, 0.2) is 24.3 Å². The first kappa shape index (κ1) is 16.3. The van der Waals surface area contributed by atoms with Gasteiger partial charge in [-0.05, 0) is 37.4 Å². The fraction of sp³-hybridized carbons (Fsp3) is 0.562. The number of rotatable bonds is 6. The minimum Gasteiger partial charge on any atom is -0.378 e. The number of hydrogen-bond donors (Lipinski definition) is 1. The maximum atomic E-state index is 12.3. The Hall–Kier alpha value is -1.10. The predicted octanol–water partition coefficient (Wildman–Crippen LogP) is 2.24. The van der Waals surface area contributed by atoms with E-state index in [1.54, 1.807) is 0 Å². The molecule has 1 fully saturated rings. The van der Waals surface area contributed by atoms with Gasteiger partial charge in [-0.15, -0.1) is 0 Å². The number of benzene rings is 1. The van der Waals surface area contributed by atoms with Crippen molar-refractivity contribution in [2.75, 3.05) is 26.2 Å². The number of piperidine rings is 1. The Kier molecular flexibility index (Phi) is 6.49. The lowest BCUT2D eigenvalue weighted by Gasteiger charge is -2.32. The minimum atomic E-state index is 0.142. The number of halogens is 1. The van der Waals surface area contributed by atoms with Gasteiger partial charge in [-0.1, -0.05) is 29.8 Å². The standard InChI is InChI=1S/C16H23ClN2O2/c17-15-5-2-1-4-13(15)12-16(20)19-9-6-14(7-10-19)21-11-3-8-18/h1-2,4-5,14H,3,6-12,18H2. The Morgan fingerprint density at radius 1 is 1.33 bits per heavy atom. The Morgan fingerprint density at radius 2 is 2.05 bits per heavy atom. The van der Waals surface area contributed by atoms with E-state index >= 15 is 0 Å². The molecule has 0 spiro atoms. The third-order valence-corrected chi connectivity index (χ3v) is 4.16. The van der Waals surface area contributed by atoms with Gasteiger partial charge in [0.05, 0.1) is 12.5 Å². The summed E-state index contributed by atoms with van der Waals surface area (Å²) in [4.78, 5) is 14.2. The lowest BCUT2D eigenvalue weighted by molar-refractivity contribution is -0.133. The molecule has 1 aliphatic rings. The van der Waals surface area contributed by atoms with E-state index in [1.165, 1.54) is 0 Å². The molecular formula is C16H23ClN2O2. The van der Waals surface area contributed by atoms with Crippen LogP contribution in [0.4, 0.5) is 0 Å². The summed E-state index contributed by atoms with van der Waals surface area (Å²) in [5.41, 5.74) is 6.34. The quantitative estimate of drug-likeness (QED) is 0.820. The van der Waals surface area contributed by atoms with Crippen LogP contribution in [0.25, 0.3) is 0 Å². The molecule has 0 radical (unpaired) electrons. The number of likely N-dealkylation sites (tertiary alicyclic amines) is 1. The average molecular weight is 311 g/mol. The molecule has 1 heterocycles. The average Bonchev–Trinajstić information content (AvgIpc) is 2.50. The number of carbonyl (C=O) groups is 1. The number of nitrogens with zero attached hydrogens (tertiary/aromatic N) is 1. The lowest BCUT2D eigenvalue weighted by atomic mass is 10.1. The first-order chi connectivity index (χ1) is 10.2. The van der Waals surface area contributed by atoms with Crippen molar-refractivity contribution < 1.29 is 9.53 Å². The third kappa shape index (κ3) is 4.99. The van der Waals surface area contributed by atoms with Crippen molar-refractivity contribution in [2.45, 2.75) is 31.8 Å². The van der Waals surface area contributed by atoms with E-state index in [9.17, 15) is 4.79 Å². The molecule has 1 amide bonds. The van der Waals surface area contributed by atoms with Gasteiger partial charge in [0.25, 0.3) is 0 Å². The zero-order valence-electron chi connectivity index (χ0n) is 12.3. The van der Waals surface area contributed by atoms with Crippen molar-refractivity contribution >= 4 is 17.5 Å². The molecule has 116 valence electrons. The summed E-state index contributed by atoms with van der Waals surface area (Å²) in [6.45, 7) is 2.90. The SMILES string of the molecule is NCCCOC1CCN(C(=O)Cc2ccccc2Cl)CC1. The van der Waals surface area contributed by atoms with Gasteiger partial charge < -0.3 is 15.4 Å². The number of amides is 1. The van der Waals surface area contributed by atoms with Crippen molar-refractivity contribution in [2.24, 2.45) is 5.73 Å². The highest BCUT2D eigenvalue weighted by Crippen LogP contribution is 2.19. The van der Waals surface area contributed by atoms with Crippen LogP contribution in [0.5, 0.6) is 0 Å². The smallest absolute Gasteiger partial charge is 0.227 e. The summed E-state index contributed by atoms with van der Waals surface area (Å²) in [7, 11) is 0. The topological polar surface area (TPSA) is 55.6 Å². The van der Waals surface area contributed by atoms with Crippen molar-refractivity contribution in [3.05, 3.63) is 34.9 Å². The van der Waals surface area contributed by atoms with Gasteiger partial charge >= 0.3 is 0 Å². The van der Waals surface area contributed by atoms with Gasteiger partial charge in [0.15, 0.2) is 0 Å². The Bertz CT molecular complexity index is 459. The summed E-state index contributed by atoms with van der Waals surface area (Å²) in [6.07, 6.45) is 3.34. The summed E-state index contributed by atoms with van der Waals surface area (Å²) < 4.78 is 5.75. The predicted molar refractivity (Wildman–Crippen MR) is 84.4 cm³/mol. The molecule has 4 nitrogen and oxygen atoms in total. The van der Waals surface area contributed by atoms with E-state index in [2.05, 4.69) is 0 Å². The lowest BCUT2D eigenvalue weighted by Crippen LogP contribution is -2.41. The summed E-state index contributed by atoms with van der Waals surface area (Å²) in [6, 6.07) is 7.51. The second kappa shape index (κ2) is 8.37. The van der Waals surface area contributed by atoms with Crippen molar-refractivity contribution in [3.8, 4) is 0 Å². The maximum absolute atomic E-state index is 12.3. The fourth-order valence-corrected chi connectivity index (χ4v) is 2.72. The van der Waals surface area contributed by atoms with Gasteiger partial charge in [0.1, 0.15) is 0 Å². The van der Waals surface area contributed by atoms with Crippen LogP contribution in [-0.4, -0.2) is 43.2 Å². The molecule has 2 rings (SSSR count). The van der Waals surface area contributed by atoms with Gasteiger partial charge in [-0.2, -0.15) is 0 Å². The largest absolute Gasteiger partial charge is 0.378 e. The van der Waals surface area contributed by atoms with Gasteiger partial charge in [-0.25, -0.2) is 0 Å². The molecule has 2 N–H and O–H groups in total. The summed E-state index contributed by atoms with van der Waals surface area (Å²) in [5, 5.41) is 0.658. The normalized spacial score (nSPS) is 16.2. The van der Waals surface area contributed by atoms with Gasteiger partial charge in [0, 0.05) is 24.7 Å². The van der Waals surface area contributed by atoms with Crippen LogP contribution >= 0.6 is 11.6 Å². The van der Waals surface area contributed by atoms with E-state index in [4.69, 9.17) is 22.1 Å². The van der Waals surface area contributed by atoms with Crippen LogP contribution in [0.2, 0.25) is 5.02 Å². The molecule has 0 unspecified atom stereocenters. The van der Waals surface area contributed by atoms with Crippen LogP contribution in [0.1, 0.15) is 24.8 Å². The number of nitrogens with two attached hydrogens (primary N) is 1. The number of hydrogen-bond acceptors (Lipinski definition) is 3. The molecule has 0 saturated carbocycles. The summed E-state index contributed by atoms with van der Waals surface area (Å²) in [5.74, 6) is 0.142. The molecule has 1 aromatic rings. The monoisotopic (exact) mass is 310 g/mol. The molecule has 1 aromatic carbocycles. The van der Waals surface area contributed by atoms with E-state index in [1.807, 2.05) is 29.2 Å². The van der Waals surface area contributed by atoms with Crippen molar-refractivity contribution in [1.29, 1.82) is 0 Å². The first-order valence-electron chi connectivity index (χ1n) is 7.53. The molecule has 1 aliphatic heterocycles. The molecule has 5 heteroatoms. The first-order valence-corrected chi connectivity index (χ1v) is 7.91. The molecular weight excluding hydrogens is 288 g/mol. The highest BCUT2D eigenvalue weighted by Gasteiger charge is 2.23. The van der Waals surface area contributed by atoms with Crippen LogP contribution in [0, 0.1) is 0 Å². The highest BCUT2D eigenvalue weighted by atomic mass is 35.5. The van der Waals surface area contributed by atoms with Gasteiger partial charge in [0.2, 0.25) is 5.91 Å². The van der Waals surface area contributed by atoms with Crippen LogP contribution in [0.3, 0.4) is 0 Å². The fourth-order valence-electron chi connectivity index (χ4n) is 2.52. The Balaban J connectivity index is 1.77. The zero-order valence-corrected chi connectivity index (χ0v) is 13.0. The van der Waals surface area contributed by atoms with Gasteiger partial charge in [-0.3, -0.25) is 4.79 Å². The molecule has 0 atom stereocenters. The highest BCUT2D eigenvalue weighted by molar-refractivity contribution is 6.31. The minimum absolute atomic E-state index is 0.142. The van der Waals surface area contributed by atoms with E-state index in [0.29, 0.717) is 18.0 Å². The maximum Gasteiger partial charge on any atom is 0.227 e. The molecule has 0 aliphatic carbocycles. The Labute approximate surface area is 131 Å². The Morgan fingerprint density at radius 3 is 2.71 bits per heavy atom. The number of carbonyl (C=O) groups excluding carboxylic acids is 1. The molecule has 0 aromatic heterocycles. The summed E-state index contributed by atoms with van der Waals surface area (Å²) >= 11 is 6.10. The molecule has 21 heavy (non-hydrogen) atoms. The van der Waals surface area contributed by atoms with Crippen LogP contribution in [-0.2, 0) is 16.0 Å². The van der Waals surface area contributed by atoms with Crippen LogP contribution < -0.4 is 5.73 Å². The molecule has 0 bridgehead atoms. The number of ether oxygens (including phenoxy) is 1. The zero-order chi connectivity index (χ0) is 15.1. The second-order valence-corrected chi connectivity index (χ2v) is 5.77. The molecule has 1 saturated heterocycles. The van der Waals surface area contributed by atoms with E-state index < -0.39 is 0 Å².